The molecule has 0 spiro atoms. The van der Waals surface area contributed by atoms with Gasteiger partial charge in [-0.25, -0.2) is 0 Å². The number of hydrogen-bond acceptors (Lipinski definition) is 2. The molecule has 1 unspecified atom stereocenters. The van der Waals surface area contributed by atoms with E-state index in [2.05, 4.69) is 6.92 Å². The lowest BCUT2D eigenvalue weighted by Crippen LogP contribution is -2.17. The van der Waals surface area contributed by atoms with Crippen LogP contribution in [-0.4, -0.2) is 5.97 Å². The lowest BCUT2D eigenvalue weighted by atomic mass is 10.0. The minimum Gasteiger partial charge on any atom is -0.426 e. The minimum absolute atomic E-state index is 0.0439. The van der Waals surface area contributed by atoms with Gasteiger partial charge in [0.25, 0.3) is 0 Å². The summed E-state index contributed by atoms with van der Waals surface area (Å²) in [6.45, 7) is 4.10. The predicted octanol–water partition coefficient (Wildman–Crippen LogP) is 4.85. The third-order valence-corrected chi connectivity index (χ3v) is 3.18. The van der Waals surface area contributed by atoms with Crippen molar-refractivity contribution in [2.45, 2.75) is 46.0 Å². The molecule has 0 saturated heterocycles. The molecule has 0 aliphatic carbocycles. The Morgan fingerprint density at radius 3 is 2.50 bits per heavy atom. The first-order valence-electron chi connectivity index (χ1n) is 6.60. The van der Waals surface area contributed by atoms with Crippen LogP contribution < -0.4 is 4.74 Å². The van der Waals surface area contributed by atoms with E-state index in [0.717, 1.165) is 12.8 Å². The first-order chi connectivity index (χ1) is 8.63. The van der Waals surface area contributed by atoms with Crippen molar-refractivity contribution >= 4 is 17.6 Å². The summed E-state index contributed by atoms with van der Waals surface area (Å²) in [4.78, 5) is 11.8. The first-order valence-corrected chi connectivity index (χ1v) is 6.98. The average molecular weight is 269 g/mol. The summed E-state index contributed by atoms with van der Waals surface area (Å²) in [7, 11) is 0. The summed E-state index contributed by atoms with van der Waals surface area (Å²) < 4.78 is 5.29. The van der Waals surface area contributed by atoms with Crippen molar-refractivity contribution in [2.75, 3.05) is 0 Å². The normalized spacial score (nSPS) is 12.2. The van der Waals surface area contributed by atoms with E-state index in [9.17, 15) is 4.79 Å². The Kier molecular flexibility index (Phi) is 6.81. The summed E-state index contributed by atoms with van der Waals surface area (Å²) in [5, 5.41) is 0.641. The maximum atomic E-state index is 11.8. The van der Waals surface area contributed by atoms with E-state index >= 15 is 0 Å². The number of carbonyl (C=O) groups excluding carboxylic acids is 1. The molecule has 0 saturated carbocycles. The highest BCUT2D eigenvalue weighted by Gasteiger charge is 2.14. The van der Waals surface area contributed by atoms with Gasteiger partial charge in [0, 0.05) is 5.02 Å². The van der Waals surface area contributed by atoms with Crippen LogP contribution in [-0.2, 0) is 4.79 Å². The number of rotatable bonds is 7. The van der Waals surface area contributed by atoms with Crippen LogP contribution in [0.2, 0.25) is 5.02 Å². The third-order valence-electron chi connectivity index (χ3n) is 2.93. The van der Waals surface area contributed by atoms with Crippen molar-refractivity contribution in [3.63, 3.8) is 0 Å². The molecule has 0 aliphatic rings. The molecule has 100 valence electrons. The predicted molar refractivity (Wildman–Crippen MR) is 75.0 cm³/mol. The van der Waals surface area contributed by atoms with E-state index in [1.54, 1.807) is 24.3 Å². The second kappa shape index (κ2) is 8.15. The standard InChI is InChI=1S/C15H21ClO2/c1-3-4-5-6-7-12(2)15(17)18-14-10-8-13(16)9-11-14/h8-12H,3-7H2,1-2H3. The van der Waals surface area contributed by atoms with Crippen molar-refractivity contribution < 1.29 is 9.53 Å². The van der Waals surface area contributed by atoms with Gasteiger partial charge in [-0.15, -0.1) is 0 Å². The number of esters is 1. The van der Waals surface area contributed by atoms with Gasteiger partial charge in [0.05, 0.1) is 5.92 Å². The Bertz CT molecular complexity index is 359. The molecular weight excluding hydrogens is 248 g/mol. The van der Waals surface area contributed by atoms with Crippen molar-refractivity contribution in [1.29, 1.82) is 0 Å². The molecule has 1 atom stereocenters. The number of benzene rings is 1. The quantitative estimate of drug-likeness (QED) is 0.401. The van der Waals surface area contributed by atoms with E-state index in [1.165, 1.54) is 19.3 Å². The summed E-state index contributed by atoms with van der Waals surface area (Å²) in [5.41, 5.74) is 0. The van der Waals surface area contributed by atoms with Gasteiger partial charge in [-0.2, -0.15) is 0 Å². The van der Waals surface area contributed by atoms with Gasteiger partial charge in [-0.3, -0.25) is 4.79 Å². The Morgan fingerprint density at radius 2 is 1.89 bits per heavy atom. The molecule has 0 N–H and O–H groups in total. The Hall–Kier alpha value is -1.02. The monoisotopic (exact) mass is 268 g/mol. The van der Waals surface area contributed by atoms with Crippen LogP contribution in [0, 0.1) is 5.92 Å². The fourth-order valence-corrected chi connectivity index (χ4v) is 1.84. The van der Waals surface area contributed by atoms with E-state index in [4.69, 9.17) is 16.3 Å². The van der Waals surface area contributed by atoms with Crippen molar-refractivity contribution in [3.8, 4) is 5.75 Å². The number of hydrogen-bond donors (Lipinski definition) is 0. The lowest BCUT2D eigenvalue weighted by molar-refractivity contribution is -0.138. The summed E-state index contributed by atoms with van der Waals surface area (Å²) in [6, 6.07) is 6.86. The topological polar surface area (TPSA) is 26.3 Å². The zero-order valence-corrected chi connectivity index (χ0v) is 11.9. The van der Waals surface area contributed by atoms with Gasteiger partial charge in [-0.05, 0) is 30.7 Å². The largest absolute Gasteiger partial charge is 0.426 e. The zero-order valence-electron chi connectivity index (χ0n) is 11.1. The Balaban J connectivity index is 2.33. The number of ether oxygens (including phenoxy) is 1. The number of carbonyl (C=O) groups is 1. The van der Waals surface area contributed by atoms with E-state index in [-0.39, 0.29) is 11.9 Å². The molecule has 0 heterocycles. The summed E-state index contributed by atoms with van der Waals surface area (Å²) >= 11 is 5.77. The molecule has 1 rings (SSSR count). The van der Waals surface area contributed by atoms with E-state index in [0.29, 0.717) is 10.8 Å². The van der Waals surface area contributed by atoms with Gasteiger partial charge in [0.2, 0.25) is 0 Å². The molecule has 0 radical (unpaired) electrons. The first kappa shape index (κ1) is 15.0. The molecule has 3 heteroatoms. The van der Waals surface area contributed by atoms with Gasteiger partial charge in [0.15, 0.2) is 0 Å². The van der Waals surface area contributed by atoms with Crippen molar-refractivity contribution in [3.05, 3.63) is 29.3 Å². The second-order valence-corrected chi connectivity index (χ2v) is 5.06. The summed E-state index contributed by atoms with van der Waals surface area (Å²) in [5.74, 6) is 0.358. The molecule has 0 bridgehead atoms. The Labute approximate surface area is 114 Å². The Morgan fingerprint density at radius 1 is 1.22 bits per heavy atom. The van der Waals surface area contributed by atoms with Gasteiger partial charge >= 0.3 is 5.97 Å². The highest BCUT2D eigenvalue weighted by atomic mass is 35.5. The number of unbranched alkanes of at least 4 members (excludes halogenated alkanes) is 3. The molecule has 2 nitrogen and oxygen atoms in total. The zero-order chi connectivity index (χ0) is 13.4. The fraction of sp³-hybridized carbons (Fsp3) is 0.533. The van der Waals surface area contributed by atoms with E-state index < -0.39 is 0 Å². The van der Waals surface area contributed by atoms with E-state index in [1.807, 2.05) is 6.92 Å². The molecule has 0 aliphatic heterocycles. The molecule has 0 amide bonds. The second-order valence-electron chi connectivity index (χ2n) is 4.63. The van der Waals surface area contributed by atoms with Gasteiger partial charge in [-0.1, -0.05) is 51.1 Å². The van der Waals surface area contributed by atoms with Crippen LogP contribution in [0.5, 0.6) is 5.75 Å². The smallest absolute Gasteiger partial charge is 0.314 e. The molecular formula is C15H21ClO2. The molecule has 1 aromatic rings. The van der Waals surface area contributed by atoms with Crippen LogP contribution in [0.25, 0.3) is 0 Å². The molecule has 0 aromatic heterocycles. The van der Waals surface area contributed by atoms with Gasteiger partial charge in [0.1, 0.15) is 5.75 Å². The van der Waals surface area contributed by atoms with Crippen LogP contribution in [0.4, 0.5) is 0 Å². The maximum Gasteiger partial charge on any atom is 0.314 e. The van der Waals surface area contributed by atoms with Crippen molar-refractivity contribution in [1.82, 2.24) is 0 Å². The fourth-order valence-electron chi connectivity index (χ4n) is 1.71. The lowest BCUT2D eigenvalue weighted by Gasteiger charge is -2.10. The van der Waals surface area contributed by atoms with Crippen LogP contribution in [0.1, 0.15) is 46.0 Å². The maximum absolute atomic E-state index is 11.8. The van der Waals surface area contributed by atoms with Crippen LogP contribution in [0.15, 0.2) is 24.3 Å². The van der Waals surface area contributed by atoms with Crippen molar-refractivity contribution in [2.24, 2.45) is 5.92 Å². The third kappa shape index (κ3) is 5.54. The highest BCUT2D eigenvalue weighted by molar-refractivity contribution is 6.30. The highest BCUT2D eigenvalue weighted by Crippen LogP contribution is 2.18. The molecule has 1 aromatic carbocycles. The molecule has 0 fully saturated rings. The molecule has 18 heavy (non-hydrogen) atoms. The summed E-state index contributed by atoms with van der Waals surface area (Å²) in [6.07, 6.45) is 5.62. The van der Waals surface area contributed by atoms with Gasteiger partial charge < -0.3 is 4.74 Å². The van der Waals surface area contributed by atoms with Crippen LogP contribution >= 0.6 is 11.6 Å². The average Bonchev–Trinajstić information content (AvgIpc) is 2.37. The minimum atomic E-state index is -0.158. The number of halogens is 1. The van der Waals surface area contributed by atoms with Crippen LogP contribution in [0.3, 0.4) is 0 Å². The SMILES string of the molecule is CCCCCCC(C)C(=O)Oc1ccc(Cl)cc1.